The standard InChI is InChI=1S/C27H37N3O3/c1-18(2)23(28-26(33)27-15-19-12-20(16-27)14-21(13-19)17-27)25(32)30-10-8-29(9-11-30)24(31)22-6-4-3-5-7-22/h3-7,18-21,23H,8-17H2,1-2H3,(H,28,33)/t19?,20?,21?,23-,27?/m0/s1. The summed E-state index contributed by atoms with van der Waals surface area (Å²) in [5.74, 6) is 2.25. The predicted molar refractivity (Wildman–Crippen MR) is 126 cm³/mol. The van der Waals surface area contributed by atoms with E-state index in [4.69, 9.17) is 0 Å². The molecule has 1 N–H and O–H groups in total. The van der Waals surface area contributed by atoms with E-state index in [0.717, 1.165) is 19.3 Å². The molecule has 5 aliphatic rings. The van der Waals surface area contributed by atoms with Gasteiger partial charge in [-0.1, -0.05) is 32.0 Å². The minimum Gasteiger partial charge on any atom is -0.344 e. The second kappa shape index (κ2) is 8.77. The van der Waals surface area contributed by atoms with Gasteiger partial charge in [0, 0.05) is 37.2 Å². The Balaban J connectivity index is 1.21. The van der Waals surface area contributed by atoms with Crippen molar-refractivity contribution in [2.24, 2.45) is 29.1 Å². The Bertz CT molecular complexity index is 869. The lowest BCUT2D eigenvalue weighted by Gasteiger charge is -2.56. The van der Waals surface area contributed by atoms with Gasteiger partial charge in [-0.3, -0.25) is 14.4 Å². The Kier molecular flexibility index (Phi) is 5.96. The number of amides is 3. The van der Waals surface area contributed by atoms with Crippen LogP contribution in [0.1, 0.15) is 62.7 Å². The second-order valence-electron chi connectivity index (χ2n) is 11.4. The summed E-state index contributed by atoms with van der Waals surface area (Å²) < 4.78 is 0. The number of nitrogens with zero attached hydrogens (tertiary/aromatic N) is 2. The average Bonchev–Trinajstić information content (AvgIpc) is 2.81. The fourth-order valence-corrected chi connectivity index (χ4v) is 7.29. The van der Waals surface area contributed by atoms with Crippen molar-refractivity contribution in [3.05, 3.63) is 35.9 Å². The van der Waals surface area contributed by atoms with Crippen molar-refractivity contribution in [2.75, 3.05) is 26.2 Å². The molecule has 1 heterocycles. The fourth-order valence-electron chi connectivity index (χ4n) is 7.29. The van der Waals surface area contributed by atoms with Gasteiger partial charge in [-0.25, -0.2) is 0 Å². The van der Waals surface area contributed by atoms with Gasteiger partial charge in [0.1, 0.15) is 6.04 Å². The van der Waals surface area contributed by atoms with E-state index in [1.165, 1.54) is 19.3 Å². The Labute approximate surface area is 197 Å². The number of carbonyl (C=O) groups is 3. The summed E-state index contributed by atoms with van der Waals surface area (Å²) in [6.07, 6.45) is 6.90. The summed E-state index contributed by atoms with van der Waals surface area (Å²) in [7, 11) is 0. The van der Waals surface area contributed by atoms with Crippen LogP contribution < -0.4 is 5.32 Å². The van der Waals surface area contributed by atoms with E-state index in [9.17, 15) is 14.4 Å². The van der Waals surface area contributed by atoms with E-state index in [-0.39, 0.29) is 29.1 Å². The molecule has 0 spiro atoms. The van der Waals surface area contributed by atoms with Crippen LogP contribution >= 0.6 is 0 Å². The van der Waals surface area contributed by atoms with Gasteiger partial charge in [0.05, 0.1) is 0 Å². The lowest BCUT2D eigenvalue weighted by Crippen LogP contribution is -2.60. The third-order valence-corrected chi connectivity index (χ3v) is 8.64. The SMILES string of the molecule is CC(C)[C@H](NC(=O)C12CC3CC(CC(C3)C1)C2)C(=O)N1CCN(C(=O)c2ccccc2)CC1. The number of hydrogen-bond donors (Lipinski definition) is 1. The van der Waals surface area contributed by atoms with Crippen LogP contribution in [0.15, 0.2) is 30.3 Å². The first-order chi connectivity index (χ1) is 15.8. The highest BCUT2D eigenvalue weighted by molar-refractivity contribution is 5.94. The van der Waals surface area contributed by atoms with Gasteiger partial charge in [-0.2, -0.15) is 0 Å². The van der Waals surface area contributed by atoms with Crippen molar-refractivity contribution in [2.45, 2.75) is 58.4 Å². The number of carbonyl (C=O) groups excluding carboxylic acids is 3. The van der Waals surface area contributed by atoms with Crippen molar-refractivity contribution in [3.8, 4) is 0 Å². The van der Waals surface area contributed by atoms with Crippen LogP contribution in [0.25, 0.3) is 0 Å². The van der Waals surface area contributed by atoms with Crippen molar-refractivity contribution in [3.63, 3.8) is 0 Å². The van der Waals surface area contributed by atoms with Crippen LogP contribution in [0.2, 0.25) is 0 Å². The molecular weight excluding hydrogens is 414 g/mol. The number of benzene rings is 1. The third-order valence-electron chi connectivity index (χ3n) is 8.64. The number of piperazine rings is 1. The number of rotatable bonds is 5. The lowest BCUT2D eigenvalue weighted by molar-refractivity contribution is -0.151. The molecule has 1 atom stereocenters. The average molecular weight is 452 g/mol. The molecule has 1 aliphatic heterocycles. The second-order valence-corrected chi connectivity index (χ2v) is 11.4. The van der Waals surface area contributed by atoms with Gasteiger partial charge in [0.25, 0.3) is 5.91 Å². The van der Waals surface area contributed by atoms with E-state index in [0.29, 0.717) is 49.5 Å². The Morgan fingerprint density at radius 1 is 0.848 bits per heavy atom. The lowest BCUT2D eigenvalue weighted by atomic mass is 9.49. The maximum absolute atomic E-state index is 13.6. The molecule has 4 saturated carbocycles. The van der Waals surface area contributed by atoms with Crippen molar-refractivity contribution >= 4 is 17.7 Å². The summed E-state index contributed by atoms with van der Waals surface area (Å²) >= 11 is 0. The van der Waals surface area contributed by atoms with Crippen molar-refractivity contribution in [1.29, 1.82) is 0 Å². The van der Waals surface area contributed by atoms with Crippen LogP contribution in [0.3, 0.4) is 0 Å². The monoisotopic (exact) mass is 451 g/mol. The molecule has 6 rings (SSSR count). The number of nitrogens with one attached hydrogen (secondary N) is 1. The smallest absolute Gasteiger partial charge is 0.253 e. The van der Waals surface area contributed by atoms with Gasteiger partial charge in [0.2, 0.25) is 11.8 Å². The first-order valence-electron chi connectivity index (χ1n) is 12.8. The molecule has 178 valence electrons. The molecule has 4 bridgehead atoms. The molecule has 6 nitrogen and oxygen atoms in total. The zero-order valence-corrected chi connectivity index (χ0v) is 20.0. The van der Waals surface area contributed by atoms with Crippen molar-refractivity contribution < 1.29 is 14.4 Å². The zero-order chi connectivity index (χ0) is 23.2. The Morgan fingerprint density at radius 3 is 1.88 bits per heavy atom. The quantitative estimate of drug-likeness (QED) is 0.747. The summed E-state index contributed by atoms with van der Waals surface area (Å²) in [6.45, 7) is 6.08. The van der Waals surface area contributed by atoms with Crippen LogP contribution in [0.5, 0.6) is 0 Å². The molecule has 0 aromatic heterocycles. The highest BCUT2D eigenvalue weighted by atomic mass is 16.2. The van der Waals surface area contributed by atoms with E-state index in [2.05, 4.69) is 5.32 Å². The summed E-state index contributed by atoms with van der Waals surface area (Å²) in [6, 6.07) is 8.79. The molecular formula is C27H37N3O3. The van der Waals surface area contributed by atoms with E-state index < -0.39 is 6.04 Å². The first kappa shape index (κ1) is 22.4. The normalized spacial score (nSPS) is 31.5. The van der Waals surface area contributed by atoms with Crippen LogP contribution in [-0.4, -0.2) is 59.7 Å². The molecule has 6 heteroatoms. The highest BCUT2D eigenvalue weighted by Gasteiger charge is 2.55. The van der Waals surface area contributed by atoms with Crippen LogP contribution in [-0.2, 0) is 9.59 Å². The third kappa shape index (κ3) is 4.29. The van der Waals surface area contributed by atoms with Gasteiger partial charge in [-0.15, -0.1) is 0 Å². The van der Waals surface area contributed by atoms with Crippen LogP contribution in [0.4, 0.5) is 0 Å². The van der Waals surface area contributed by atoms with Crippen molar-refractivity contribution in [1.82, 2.24) is 15.1 Å². The molecule has 5 fully saturated rings. The van der Waals surface area contributed by atoms with E-state index in [1.807, 2.05) is 54.0 Å². The van der Waals surface area contributed by atoms with E-state index >= 15 is 0 Å². The van der Waals surface area contributed by atoms with Gasteiger partial charge in [-0.05, 0) is 74.3 Å². The Hall–Kier alpha value is -2.37. The van der Waals surface area contributed by atoms with Crippen LogP contribution in [0, 0.1) is 29.1 Å². The molecule has 0 radical (unpaired) electrons. The minimum absolute atomic E-state index is 0.00473. The molecule has 1 saturated heterocycles. The molecule has 0 unspecified atom stereocenters. The van der Waals surface area contributed by atoms with Gasteiger partial charge in [0.15, 0.2) is 0 Å². The summed E-state index contributed by atoms with van der Waals surface area (Å²) in [5, 5.41) is 3.22. The Morgan fingerprint density at radius 2 is 1.36 bits per heavy atom. The summed E-state index contributed by atoms with van der Waals surface area (Å²) in [4.78, 5) is 43.4. The maximum atomic E-state index is 13.6. The molecule has 33 heavy (non-hydrogen) atoms. The zero-order valence-electron chi connectivity index (χ0n) is 20.0. The summed E-state index contributed by atoms with van der Waals surface area (Å²) in [5.41, 5.74) is 0.434. The molecule has 1 aromatic rings. The predicted octanol–water partition coefficient (Wildman–Crippen LogP) is 3.33. The van der Waals surface area contributed by atoms with Gasteiger partial charge >= 0.3 is 0 Å². The number of hydrogen-bond acceptors (Lipinski definition) is 3. The largest absolute Gasteiger partial charge is 0.344 e. The highest BCUT2D eigenvalue weighted by Crippen LogP contribution is 2.60. The topological polar surface area (TPSA) is 69.7 Å². The van der Waals surface area contributed by atoms with Gasteiger partial charge < -0.3 is 15.1 Å². The molecule has 4 aliphatic carbocycles. The maximum Gasteiger partial charge on any atom is 0.253 e. The minimum atomic E-state index is -0.498. The van der Waals surface area contributed by atoms with E-state index in [1.54, 1.807) is 0 Å². The fraction of sp³-hybridized carbons (Fsp3) is 0.667. The first-order valence-corrected chi connectivity index (χ1v) is 12.8. The molecule has 3 amide bonds. The molecule has 1 aromatic carbocycles.